The molecule has 0 radical (unpaired) electrons. The number of amides is 1. The first-order valence-corrected chi connectivity index (χ1v) is 7.23. The third kappa shape index (κ3) is 2.93. The lowest BCUT2D eigenvalue weighted by atomic mass is 10.1. The second-order valence-corrected chi connectivity index (χ2v) is 5.63. The fourth-order valence-electron chi connectivity index (χ4n) is 2.46. The maximum atomic E-state index is 11.7. The number of nitrogens with one attached hydrogen (secondary N) is 2. The lowest BCUT2D eigenvalue weighted by molar-refractivity contribution is -0.122. The predicted molar refractivity (Wildman–Crippen MR) is 76.5 cm³/mol. The Hall–Kier alpha value is -0.870. The summed E-state index contributed by atoms with van der Waals surface area (Å²) in [5.41, 5.74) is 2.71. The van der Waals surface area contributed by atoms with E-state index in [0.29, 0.717) is 12.6 Å². The van der Waals surface area contributed by atoms with Gasteiger partial charge in [-0.3, -0.25) is 10.1 Å². The lowest BCUT2D eigenvalue weighted by Crippen LogP contribution is -2.43. The summed E-state index contributed by atoms with van der Waals surface area (Å²) in [5.74, 6) is 0.0723. The zero-order valence-corrected chi connectivity index (χ0v) is 12.4. The Morgan fingerprint density at radius 3 is 3.06 bits per heavy atom. The Kier molecular flexibility index (Phi) is 4.40. The normalized spacial score (nSPS) is 19.4. The van der Waals surface area contributed by atoms with Gasteiger partial charge in [-0.1, -0.05) is 22.0 Å². The molecule has 0 aromatic heterocycles. The molecule has 0 saturated heterocycles. The van der Waals surface area contributed by atoms with Crippen LogP contribution >= 0.6 is 15.9 Å². The fraction of sp³-hybridized carbons (Fsp3) is 0.500. The van der Waals surface area contributed by atoms with Crippen LogP contribution in [0.1, 0.15) is 37.4 Å². The van der Waals surface area contributed by atoms with Crippen molar-refractivity contribution >= 4 is 21.8 Å². The van der Waals surface area contributed by atoms with Gasteiger partial charge in [0.1, 0.15) is 0 Å². The number of halogens is 1. The van der Waals surface area contributed by atoms with E-state index in [1.165, 1.54) is 11.1 Å². The first kappa shape index (κ1) is 13.6. The van der Waals surface area contributed by atoms with Crippen molar-refractivity contribution in [1.82, 2.24) is 10.6 Å². The van der Waals surface area contributed by atoms with Crippen LogP contribution in [0.15, 0.2) is 22.7 Å². The van der Waals surface area contributed by atoms with Crippen molar-refractivity contribution in [3.63, 3.8) is 0 Å². The largest absolute Gasteiger partial charge is 0.355 e. The molecule has 0 spiro atoms. The molecular weight excluding hydrogens is 292 g/mol. The number of hydrogen-bond donors (Lipinski definition) is 2. The zero-order chi connectivity index (χ0) is 13.1. The van der Waals surface area contributed by atoms with Crippen molar-refractivity contribution in [1.29, 1.82) is 0 Å². The van der Waals surface area contributed by atoms with Gasteiger partial charge in [0.15, 0.2) is 0 Å². The van der Waals surface area contributed by atoms with E-state index in [1.54, 1.807) is 0 Å². The molecule has 1 aliphatic carbocycles. The van der Waals surface area contributed by atoms with E-state index in [9.17, 15) is 4.79 Å². The van der Waals surface area contributed by atoms with Gasteiger partial charge in [-0.15, -0.1) is 0 Å². The summed E-state index contributed by atoms with van der Waals surface area (Å²) < 4.78 is 1.12. The van der Waals surface area contributed by atoms with Crippen LogP contribution in [0.4, 0.5) is 0 Å². The zero-order valence-electron chi connectivity index (χ0n) is 10.8. The highest BCUT2D eigenvalue weighted by Crippen LogP contribution is 2.33. The Bertz CT molecular complexity index is 447. The number of benzene rings is 1. The lowest BCUT2D eigenvalue weighted by Gasteiger charge is -2.19. The van der Waals surface area contributed by atoms with Crippen molar-refractivity contribution in [3.8, 4) is 0 Å². The van der Waals surface area contributed by atoms with Crippen LogP contribution in [0.3, 0.4) is 0 Å². The number of rotatable bonds is 4. The summed E-state index contributed by atoms with van der Waals surface area (Å²) in [7, 11) is 0. The average Bonchev–Trinajstić information content (AvgIpc) is 2.72. The average molecular weight is 311 g/mol. The number of hydrogen-bond acceptors (Lipinski definition) is 2. The van der Waals surface area contributed by atoms with Gasteiger partial charge in [-0.25, -0.2) is 0 Å². The molecule has 2 N–H and O–H groups in total. The Morgan fingerprint density at radius 1 is 1.56 bits per heavy atom. The minimum atomic E-state index is -0.149. The van der Waals surface area contributed by atoms with Crippen molar-refractivity contribution in [2.24, 2.45) is 0 Å². The topological polar surface area (TPSA) is 41.1 Å². The van der Waals surface area contributed by atoms with Crippen molar-refractivity contribution in [2.75, 3.05) is 6.54 Å². The van der Waals surface area contributed by atoms with E-state index >= 15 is 0 Å². The van der Waals surface area contributed by atoms with E-state index < -0.39 is 0 Å². The molecule has 1 aromatic carbocycles. The summed E-state index contributed by atoms with van der Waals surface area (Å²) in [6.45, 7) is 4.54. The summed E-state index contributed by atoms with van der Waals surface area (Å²) in [5, 5.41) is 6.26. The van der Waals surface area contributed by atoms with Gasteiger partial charge in [0.2, 0.25) is 5.91 Å². The van der Waals surface area contributed by atoms with Gasteiger partial charge < -0.3 is 5.32 Å². The molecule has 2 atom stereocenters. The smallest absolute Gasteiger partial charge is 0.236 e. The van der Waals surface area contributed by atoms with Crippen molar-refractivity contribution < 1.29 is 4.79 Å². The van der Waals surface area contributed by atoms with Crippen LogP contribution in [0.25, 0.3) is 0 Å². The van der Waals surface area contributed by atoms with E-state index in [2.05, 4.69) is 44.8 Å². The molecule has 1 amide bonds. The maximum Gasteiger partial charge on any atom is 0.236 e. The molecule has 4 heteroatoms. The van der Waals surface area contributed by atoms with E-state index in [-0.39, 0.29) is 11.9 Å². The highest BCUT2D eigenvalue weighted by atomic mass is 79.9. The SMILES string of the molecule is CCNC(=O)C(C)NC1CCc2cc(Br)ccc21. The van der Waals surface area contributed by atoms with Gasteiger partial charge in [0, 0.05) is 17.1 Å². The highest BCUT2D eigenvalue weighted by Gasteiger charge is 2.25. The molecule has 0 heterocycles. The third-order valence-corrected chi connectivity index (χ3v) is 3.87. The van der Waals surface area contributed by atoms with Crippen LogP contribution in [-0.2, 0) is 11.2 Å². The molecule has 2 unspecified atom stereocenters. The minimum Gasteiger partial charge on any atom is -0.355 e. The van der Waals surface area contributed by atoms with Gasteiger partial charge in [0.05, 0.1) is 6.04 Å². The quantitative estimate of drug-likeness (QED) is 0.897. The monoisotopic (exact) mass is 310 g/mol. The Balaban J connectivity index is 2.03. The molecule has 18 heavy (non-hydrogen) atoms. The van der Waals surface area contributed by atoms with Gasteiger partial charge in [-0.05, 0) is 49.9 Å². The molecule has 3 nitrogen and oxygen atoms in total. The number of carbonyl (C=O) groups excluding carboxylic acids is 1. The summed E-state index contributed by atoms with van der Waals surface area (Å²) in [6.07, 6.45) is 2.14. The summed E-state index contributed by atoms with van der Waals surface area (Å²) in [4.78, 5) is 11.7. The Morgan fingerprint density at radius 2 is 2.33 bits per heavy atom. The van der Waals surface area contributed by atoms with Crippen LogP contribution in [0.5, 0.6) is 0 Å². The number of fused-ring (bicyclic) bond motifs is 1. The molecule has 1 aromatic rings. The van der Waals surface area contributed by atoms with Gasteiger partial charge in [0.25, 0.3) is 0 Å². The van der Waals surface area contributed by atoms with Crippen LogP contribution in [-0.4, -0.2) is 18.5 Å². The molecule has 0 bridgehead atoms. The highest BCUT2D eigenvalue weighted by molar-refractivity contribution is 9.10. The standard InChI is InChI=1S/C14H19BrN2O/c1-3-16-14(18)9(2)17-13-7-4-10-8-11(15)5-6-12(10)13/h5-6,8-9,13,17H,3-4,7H2,1-2H3,(H,16,18). The summed E-state index contributed by atoms with van der Waals surface area (Å²) >= 11 is 3.49. The second kappa shape index (κ2) is 5.85. The number of aryl methyl sites for hydroxylation is 1. The minimum absolute atomic E-state index is 0.0723. The fourth-order valence-corrected chi connectivity index (χ4v) is 2.87. The summed E-state index contributed by atoms with van der Waals surface area (Å²) in [6, 6.07) is 6.54. The Labute approximate surface area is 116 Å². The predicted octanol–water partition coefficient (Wildman–Crippen LogP) is 2.55. The second-order valence-electron chi connectivity index (χ2n) is 4.72. The van der Waals surface area contributed by atoms with Crippen LogP contribution < -0.4 is 10.6 Å². The maximum absolute atomic E-state index is 11.7. The van der Waals surface area contributed by atoms with Gasteiger partial charge in [-0.2, -0.15) is 0 Å². The van der Waals surface area contributed by atoms with Crippen LogP contribution in [0, 0.1) is 0 Å². The van der Waals surface area contributed by atoms with Gasteiger partial charge >= 0.3 is 0 Å². The molecule has 1 aliphatic rings. The number of likely N-dealkylation sites (N-methyl/N-ethyl adjacent to an activating group) is 1. The molecule has 0 aliphatic heterocycles. The van der Waals surface area contributed by atoms with Crippen molar-refractivity contribution in [2.45, 2.75) is 38.8 Å². The molecular formula is C14H19BrN2O. The van der Waals surface area contributed by atoms with E-state index in [4.69, 9.17) is 0 Å². The first-order chi connectivity index (χ1) is 8.61. The third-order valence-electron chi connectivity index (χ3n) is 3.38. The van der Waals surface area contributed by atoms with Crippen LogP contribution in [0.2, 0.25) is 0 Å². The molecule has 0 fully saturated rings. The van der Waals surface area contributed by atoms with E-state index in [1.807, 2.05) is 13.8 Å². The molecule has 0 saturated carbocycles. The molecule has 2 rings (SSSR count). The first-order valence-electron chi connectivity index (χ1n) is 6.44. The van der Waals surface area contributed by atoms with E-state index in [0.717, 1.165) is 17.3 Å². The molecule has 98 valence electrons. The van der Waals surface area contributed by atoms with Crippen molar-refractivity contribution in [3.05, 3.63) is 33.8 Å². The number of carbonyl (C=O) groups is 1.